The Balaban J connectivity index is 1.43. The number of carbonyl (C=O) groups is 2. The van der Waals surface area contributed by atoms with Crippen LogP contribution in [0.3, 0.4) is 0 Å². The number of likely N-dealkylation sites (tertiary alicyclic amines) is 1. The van der Waals surface area contributed by atoms with Crippen LogP contribution in [0.4, 0.5) is 22.4 Å². The van der Waals surface area contributed by atoms with Crippen molar-refractivity contribution in [3.05, 3.63) is 137 Å². The van der Waals surface area contributed by atoms with Gasteiger partial charge in [-0.1, -0.05) is 72.3 Å². The predicted octanol–water partition coefficient (Wildman–Crippen LogP) is 12.1. The van der Waals surface area contributed by atoms with E-state index in [1.807, 2.05) is 28.2 Å². The second-order valence-electron chi connectivity index (χ2n) is 14.3. The van der Waals surface area contributed by atoms with E-state index < -0.39 is 35.6 Å². The number of benzene rings is 5. The number of aromatic nitrogens is 1. The van der Waals surface area contributed by atoms with Crippen LogP contribution in [0.1, 0.15) is 48.7 Å². The first-order chi connectivity index (χ1) is 26.2. The number of amides is 1. The lowest BCUT2D eigenvalue weighted by Crippen LogP contribution is -2.59. The van der Waals surface area contributed by atoms with Gasteiger partial charge in [0.15, 0.2) is 5.67 Å². The van der Waals surface area contributed by atoms with Crippen molar-refractivity contribution in [3.8, 4) is 33.5 Å². The van der Waals surface area contributed by atoms with Crippen molar-refractivity contribution in [3.63, 3.8) is 0 Å². The van der Waals surface area contributed by atoms with Gasteiger partial charge in [-0.15, -0.1) is 0 Å². The minimum Gasteiger partial charge on any atom is -0.465 e. The lowest BCUT2D eigenvalue weighted by molar-refractivity contribution is -0.0535. The summed E-state index contributed by atoms with van der Waals surface area (Å²) in [6, 6.07) is 29.5. The Bertz CT molecular complexity index is 2440. The van der Waals surface area contributed by atoms with E-state index >= 15 is 8.78 Å². The third-order valence-corrected chi connectivity index (χ3v) is 10.6. The van der Waals surface area contributed by atoms with Crippen molar-refractivity contribution in [2.45, 2.75) is 43.4 Å². The van der Waals surface area contributed by atoms with Crippen LogP contribution in [-0.2, 0) is 15.1 Å². The molecular weight excluding hydrogens is 752 g/mol. The van der Waals surface area contributed by atoms with Crippen LogP contribution in [0.25, 0.3) is 44.4 Å². The summed E-state index contributed by atoms with van der Waals surface area (Å²) in [5.41, 5.74) is 1.90. The minimum atomic E-state index is -2.64. The maximum atomic E-state index is 17.1. The van der Waals surface area contributed by atoms with Gasteiger partial charge in [-0.2, -0.15) is 0 Å². The maximum Gasteiger partial charge on any atom is 0.410 e. The molecule has 2 heterocycles. The van der Waals surface area contributed by atoms with Gasteiger partial charge < -0.3 is 14.4 Å². The molecule has 0 unspecified atom stereocenters. The summed E-state index contributed by atoms with van der Waals surface area (Å²) in [6.45, 7) is 4.73. The Hall–Kier alpha value is -5.26. The van der Waals surface area contributed by atoms with Crippen LogP contribution in [0, 0.1) is 5.82 Å². The fourth-order valence-electron chi connectivity index (χ4n) is 6.75. The molecule has 5 aromatic carbocycles. The molecule has 12 heteroatoms. The van der Waals surface area contributed by atoms with Crippen molar-refractivity contribution in [2.24, 2.45) is 0 Å². The van der Waals surface area contributed by atoms with Gasteiger partial charge in [0.2, 0.25) is 0 Å². The molecule has 1 aliphatic heterocycles. The molecule has 282 valence electrons. The molecule has 6 aromatic rings. The SMILES string of the molecule is COC(=O)c1ccc(-c2cccc(-c3c(-c4ccccc4C4(F)CN(C(=O)OC(C)(C)C)C4)c4cc(F)ccc4n3Sc3ccc(C(F)F)cc3)c2)c(Cl)c1. The third-order valence-electron chi connectivity index (χ3n) is 9.27. The van der Waals surface area contributed by atoms with Gasteiger partial charge in [0, 0.05) is 43.1 Å². The average molecular weight is 787 g/mol. The molecule has 0 N–H and O–H groups in total. The molecule has 1 fully saturated rings. The van der Waals surface area contributed by atoms with Crippen LogP contribution in [-0.4, -0.2) is 46.7 Å². The lowest BCUT2D eigenvalue weighted by Gasteiger charge is -2.45. The Morgan fingerprint density at radius 2 is 1.56 bits per heavy atom. The van der Waals surface area contributed by atoms with E-state index in [0.717, 1.165) is 0 Å². The zero-order valence-electron chi connectivity index (χ0n) is 30.2. The molecule has 55 heavy (non-hydrogen) atoms. The van der Waals surface area contributed by atoms with Crippen molar-refractivity contribution in [2.75, 3.05) is 20.2 Å². The Morgan fingerprint density at radius 1 is 0.855 bits per heavy atom. The fraction of sp³-hybridized carbons (Fsp3) is 0.209. The molecule has 7 rings (SSSR count). The number of fused-ring (bicyclic) bond motifs is 1. The van der Waals surface area contributed by atoms with E-state index in [1.165, 1.54) is 54.3 Å². The van der Waals surface area contributed by atoms with Gasteiger partial charge in [-0.25, -0.2) is 27.2 Å². The second kappa shape index (κ2) is 14.8. The number of alkyl halides is 3. The smallest absolute Gasteiger partial charge is 0.410 e. The number of nitrogens with zero attached hydrogens (tertiary/aromatic N) is 2. The number of hydrogen-bond donors (Lipinski definition) is 0. The summed E-state index contributed by atoms with van der Waals surface area (Å²) in [6.07, 6.45) is -3.27. The highest BCUT2D eigenvalue weighted by molar-refractivity contribution is 7.98. The second-order valence-corrected chi connectivity index (χ2v) is 15.7. The Labute approximate surface area is 324 Å². The minimum absolute atomic E-state index is 0.129. The molecule has 1 saturated heterocycles. The van der Waals surface area contributed by atoms with Crippen LogP contribution in [0.2, 0.25) is 5.02 Å². The summed E-state index contributed by atoms with van der Waals surface area (Å²) in [4.78, 5) is 27.0. The Kier molecular flexibility index (Phi) is 10.2. The Morgan fingerprint density at radius 3 is 2.24 bits per heavy atom. The monoisotopic (exact) mass is 786 g/mol. The number of rotatable bonds is 8. The molecular formula is C43H35ClF4N2O4S. The average Bonchev–Trinajstić information content (AvgIpc) is 3.45. The number of halogens is 5. The number of ether oxygens (including phenoxy) is 2. The largest absolute Gasteiger partial charge is 0.465 e. The first-order valence-corrected chi connectivity index (χ1v) is 18.5. The van der Waals surface area contributed by atoms with E-state index in [0.29, 0.717) is 59.9 Å². The first kappa shape index (κ1) is 38.0. The molecule has 0 atom stereocenters. The summed E-state index contributed by atoms with van der Waals surface area (Å²) in [5.74, 6) is -1.05. The van der Waals surface area contributed by atoms with E-state index in [-0.39, 0.29) is 24.2 Å². The lowest BCUT2D eigenvalue weighted by atomic mass is 9.82. The highest BCUT2D eigenvalue weighted by atomic mass is 35.5. The molecule has 1 amide bonds. The summed E-state index contributed by atoms with van der Waals surface area (Å²) < 4.78 is 71.6. The van der Waals surface area contributed by atoms with E-state index in [2.05, 4.69) is 0 Å². The zero-order valence-corrected chi connectivity index (χ0v) is 31.8. The van der Waals surface area contributed by atoms with Gasteiger partial charge >= 0.3 is 12.1 Å². The highest BCUT2D eigenvalue weighted by Crippen LogP contribution is 2.50. The maximum absolute atomic E-state index is 17.1. The topological polar surface area (TPSA) is 60.8 Å². The highest BCUT2D eigenvalue weighted by Gasteiger charge is 2.50. The molecule has 0 radical (unpaired) electrons. The fourth-order valence-corrected chi connectivity index (χ4v) is 8.05. The standard InChI is InChI=1S/C43H35ClF4N2O4S/c1-42(2,3)54-41(52)49-23-43(48,24-49)34-11-6-5-10-32(34)37-33-22-29(45)15-19-36(33)50(55-30-16-12-25(13-17-30)39(46)47)38(37)27-9-7-8-26(20-27)31-18-14-28(21-35(31)44)40(51)53-4/h5-22,39H,23-24H2,1-4H3. The van der Waals surface area contributed by atoms with E-state index in [9.17, 15) is 18.4 Å². The van der Waals surface area contributed by atoms with Gasteiger partial charge in [-0.05, 0) is 92.4 Å². The summed E-state index contributed by atoms with van der Waals surface area (Å²) in [5, 5.41) is 0.789. The molecule has 0 spiro atoms. The van der Waals surface area contributed by atoms with Crippen molar-refractivity contribution >= 4 is 46.5 Å². The normalized spacial score (nSPS) is 13.9. The van der Waals surface area contributed by atoms with Gasteiger partial charge in [-0.3, -0.25) is 3.97 Å². The summed E-state index contributed by atoms with van der Waals surface area (Å²) in [7, 11) is 1.28. The predicted molar refractivity (Wildman–Crippen MR) is 208 cm³/mol. The number of carbonyl (C=O) groups excluding carboxylic acids is 2. The molecule has 0 aliphatic carbocycles. The molecule has 1 aliphatic rings. The molecule has 1 aromatic heterocycles. The van der Waals surface area contributed by atoms with Crippen molar-refractivity contribution in [1.82, 2.24) is 8.87 Å². The van der Waals surface area contributed by atoms with Gasteiger partial charge in [0.05, 0.1) is 37.0 Å². The number of hydrogen-bond acceptors (Lipinski definition) is 5. The van der Waals surface area contributed by atoms with Crippen molar-refractivity contribution in [1.29, 1.82) is 0 Å². The van der Waals surface area contributed by atoms with Crippen LogP contribution < -0.4 is 0 Å². The van der Waals surface area contributed by atoms with Crippen LogP contribution >= 0.6 is 23.5 Å². The molecule has 0 bridgehead atoms. The van der Waals surface area contributed by atoms with Crippen molar-refractivity contribution < 1.29 is 36.6 Å². The molecule has 0 saturated carbocycles. The van der Waals surface area contributed by atoms with Gasteiger partial charge in [0.25, 0.3) is 6.43 Å². The molecule has 6 nitrogen and oxygen atoms in total. The van der Waals surface area contributed by atoms with Gasteiger partial charge in [0.1, 0.15) is 11.4 Å². The number of esters is 1. The third kappa shape index (κ3) is 7.55. The first-order valence-electron chi connectivity index (χ1n) is 17.3. The van der Waals surface area contributed by atoms with Crippen LogP contribution in [0.5, 0.6) is 0 Å². The summed E-state index contributed by atoms with van der Waals surface area (Å²) >= 11 is 7.96. The number of methoxy groups -OCH3 is 1. The quantitative estimate of drug-likeness (QED) is 0.114. The van der Waals surface area contributed by atoms with E-state index in [1.54, 1.807) is 75.4 Å². The van der Waals surface area contributed by atoms with Crippen LogP contribution in [0.15, 0.2) is 114 Å². The van der Waals surface area contributed by atoms with E-state index in [4.69, 9.17) is 21.1 Å². The zero-order chi connectivity index (χ0) is 39.2.